The number of rotatable bonds is 2. The van der Waals surface area contributed by atoms with E-state index < -0.39 is 5.92 Å². The highest BCUT2D eigenvalue weighted by Crippen LogP contribution is 1.92. The normalized spacial score (nSPS) is 14.4. The summed E-state index contributed by atoms with van der Waals surface area (Å²) in [6, 6.07) is 0. The molecule has 0 rings (SSSR count). The van der Waals surface area contributed by atoms with Gasteiger partial charge in [0.25, 0.3) is 0 Å². The van der Waals surface area contributed by atoms with Crippen molar-refractivity contribution in [2.24, 2.45) is 16.8 Å². The van der Waals surface area contributed by atoms with Crippen LogP contribution < -0.4 is 11.1 Å². The van der Waals surface area contributed by atoms with Crippen LogP contribution in [0.5, 0.6) is 0 Å². The maximum Gasteiger partial charge on any atom is 0.230 e. The molecule has 10 heavy (non-hydrogen) atoms. The lowest BCUT2D eigenvalue weighted by molar-refractivity contribution is -0.122. The number of nitrogens with one attached hydrogen (secondary N) is 1. The summed E-state index contributed by atoms with van der Waals surface area (Å²) in [5.74, 6) is -0.926. The van der Waals surface area contributed by atoms with E-state index in [0.717, 1.165) is 0 Å². The number of amides is 1. The second-order valence-corrected chi connectivity index (χ2v) is 1.86. The first-order valence-electron chi connectivity index (χ1n) is 2.82. The van der Waals surface area contributed by atoms with Gasteiger partial charge in [0.05, 0.1) is 5.92 Å². The zero-order chi connectivity index (χ0) is 8.15. The predicted octanol–water partition coefficient (Wildman–Crippen LogP) is -0.885. The van der Waals surface area contributed by atoms with E-state index in [-0.39, 0.29) is 11.7 Å². The molecule has 0 aromatic heterocycles. The minimum Gasteiger partial charge on any atom is -0.409 e. The Morgan fingerprint density at radius 1 is 1.80 bits per heavy atom. The van der Waals surface area contributed by atoms with Gasteiger partial charge in [0.15, 0.2) is 5.84 Å². The zero-order valence-corrected chi connectivity index (χ0v) is 5.96. The van der Waals surface area contributed by atoms with E-state index >= 15 is 0 Å². The van der Waals surface area contributed by atoms with E-state index in [1.165, 1.54) is 7.05 Å². The summed E-state index contributed by atoms with van der Waals surface area (Å²) in [4.78, 5) is 10.7. The Hall–Kier alpha value is -1.26. The second kappa shape index (κ2) is 3.71. The molecule has 1 atom stereocenters. The van der Waals surface area contributed by atoms with Crippen LogP contribution in [0.25, 0.3) is 0 Å². The van der Waals surface area contributed by atoms with Crippen molar-refractivity contribution >= 4 is 11.7 Å². The Morgan fingerprint density at radius 2 is 2.30 bits per heavy atom. The molecule has 0 radical (unpaired) electrons. The topological polar surface area (TPSA) is 87.7 Å². The lowest BCUT2D eigenvalue weighted by Crippen LogP contribution is -2.35. The van der Waals surface area contributed by atoms with Gasteiger partial charge in [-0.3, -0.25) is 4.79 Å². The minimum atomic E-state index is -0.574. The van der Waals surface area contributed by atoms with Crippen LogP contribution in [-0.4, -0.2) is 24.0 Å². The van der Waals surface area contributed by atoms with E-state index in [0.29, 0.717) is 0 Å². The summed E-state index contributed by atoms with van der Waals surface area (Å²) < 4.78 is 0. The zero-order valence-electron chi connectivity index (χ0n) is 5.96. The van der Waals surface area contributed by atoms with Crippen LogP contribution in [-0.2, 0) is 4.79 Å². The molecule has 0 bridgehead atoms. The highest BCUT2D eigenvalue weighted by atomic mass is 16.4. The van der Waals surface area contributed by atoms with Gasteiger partial charge in [0, 0.05) is 7.05 Å². The first-order valence-corrected chi connectivity index (χ1v) is 2.82. The standard InChI is InChI=1S/C5H11N3O2/c1-3(4(6)8-10)5(9)7-2/h3,10H,1-2H3,(H2,6,8)(H,7,9). The van der Waals surface area contributed by atoms with E-state index in [1.54, 1.807) is 6.92 Å². The third kappa shape index (κ3) is 1.93. The SMILES string of the molecule is CNC(=O)C(C)C(N)=NO. The third-order valence-electron chi connectivity index (χ3n) is 1.20. The number of amidine groups is 1. The van der Waals surface area contributed by atoms with E-state index in [4.69, 9.17) is 10.9 Å². The number of nitrogens with zero attached hydrogens (tertiary/aromatic N) is 1. The average molecular weight is 145 g/mol. The highest BCUT2D eigenvalue weighted by Gasteiger charge is 2.14. The second-order valence-electron chi connectivity index (χ2n) is 1.86. The monoisotopic (exact) mass is 145 g/mol. The summed E-state index contributed by atoms with van der Waals surface area (Å²) in [6.07, 6.45) is 0. The van der Waals surface area contributed by atoms with Gasteiger partial charge in [-0.1, -0.05) is 5.16 Å². The van der Waals surface area contributed by atoms with Crippen molar-refractivity contribution in [1.29, 1.82) is 0 Å². The molecular formula is C5H11N3O2. The van der Waals surface area contributed by atoms with Crippen molar-refractivity contribution in [2.75, 3.05) is 7.05 Å². The maximum atomic E-state index is 10.7. The van der Waals surface area contributed by atoms with Crippen molar-refractivity contribution in [1.82, 2.24) is 5.32 Å². The maximum absolute atomic E-state index is 10.7. The molecular weight excluding hydrogens is 134 g/mol. The average Bonchev–Trinajstić information content (AvgIpc) is 2.00. The van der Waals surface area contributed by atoms with Crippen LogP contribution >= 0.6 is 0 Å². The Kier molecular flexibility index (Phi) is 3.24. The van der Waals surface area contributed by atoms with Gasteiger partial charge in [-0.05, 0) is 6.92 Å². The van der Waals surface area contributed by atoms with Crippen molar-refractivity contribution in [3.05, 3.63) is 0 Å². The number of oxime groups is 1. The molecule has 0 saturated carbocycles. The fraction of sp³-hybridized carbons (Fsp3) is 0.600. The third-order valence-corrected chi connectivity index (χ3v) is 1.20. The van der Waals surface area contributed by atoms with Gasteiger partial charge in [0.2, 0.25) is 5.91 Å². The molecule has 58 valence electrons. The molecule has 1 unspecified atom stereocenters. The van der Waals surface area contributed by atoms with Crippen molar-refractivity contribution < 1.29 is 10.0 Å². The lowest BCUT2D eigenvalue weighted by atomic mass is 10.1. The predicted molar refractivity (Wildman–Crippen MR) is 36.6 cm³/mol. The number of carbonyl (C=O) groups excluding carboxylic acids is 1. The summed E-state index contributed by atoms with van der Waals surface area (Å²) in [6.45, 7) is 1.55. The molecule has 1 amide bonds. The van der Waals surface area contributed by atoms with Gasteiger partial charge >= 0.3 is 0 Å². The van der Waals surface area contributed by atoms with E-state index in [2.05, 4.69) is 10.5 Å². The molecule has 0 aliphatic rings. The number of hydrogen-bond donors (Lipinski definition) is 3. The Balaban J connectivity index is 4.08. The Morgan fingerprint density at radius 3 is 2.60 bits per heavy atom. The molecule has 0 aromatic carbocycles. The quantitative estimate of drug-likeness (QED) is 0.204. The molecule has 0 aliphatic heterocycles. The fourth-order valence-electron chi connectivity index (χ4n) is 0.437. The Labute approximate surface area is 58.9 Å². The molecule has 4 N–H and O–H groups in total. The van der Waals surface area contributed by atoms with Gasteiger partial charge in [-0.15, -0.1) is 0 Å². The van der Waals surface area contributed by atoms with E-state index in [9.17, 15) is 4.79 Å². The first kappa shape index (κ1) is 8.74. The van der Waals surface area contributed by atoms with Crippen molar-refractivity contribution in [2.45, 2.75) is 6.92 Å². The van der Waals surface area contributed by atoms with E-state index in [1.807, 2.05) is 0 Å². The molecule has 0 aromatic rings. The molecule has 0 saturated heterocycles. The Bertz CT molecular complexity index is 155. The van der Waals surface area contributed by atoms with Crippen LogP contribution in [0.1, 0.15) is 6.92 Å². The van der Waals surface area contributed by atoms with Gasteiger partial charge in [-0.25, -0.2) is 0 Å². The van der Waals surface area contributed by atoms with Crippen LogP contribution in [0.4, 0.5) is 0 Å². The van der Waals surface area contributed by atoms with Crippen molar-refractivity contribution in [3.8, 4) is 0 Å². The molecule has 0 heterocycles. The van der Waals surface area contributed by atoms with Crippen LogP contribution in [0.15, 0.2) is 5.16 Å². The summed E-state index contributed by atoms with van der Waals surface area (Å²) >= 11 is 0. The molecule has 5 nitrogen and oxygen atoms in total. The first-order chi connectivity index (χ1) is 4.63. The number of hydrogen-bond acceptors (Lipinski definition) is 3. The molecule has 0 spiro atoms. The number of nitrogens with two attached hydrogens (primary N) is 1. The largest absolute Gasteiger partial charge is 0.409 e. The fourth-order valence-corrected chi connectivity index (χ4v) is 0.437. The smallest absolute Gasteiger partial charge is 0.230 e. The van der Waals surface area contributed by atoms with Crippen LogP contribution in [0.3, 0.4) is 0 Å². The van der Waals surface area contributed by atoms with Crippen molar-refractivity contribution in [3.63, 3.8) is 0 Å². The van der Waals surface area contributed by atoms with Gasteiger partial charge in [0.1, 0.15) is 0 Å². The minimum absolute atomic E-state index is 0.0839. The highest BCUT2D eigenvalue weighted by molar-refractivity contribution is 6.01. The molecule has 0 aliphatic carbocycles. The summed E-state index contributed by atoms with van der Waals surface area (Å²) in [7, 11) is 1.49. The van der Waals surface area contributed by atoms with Crippen LogP contribution in [0, 0.1) is 5.92 Å². The van der Waals surface area contributed by atoms with Crippen LogP contribution in [0.2, 0.25) is 0 Å². The summed E-state index contributed by atoms with van der Waals surface area (Å²) in [5.41, 5.74) is 5.13. The molecule has 5 heteroatoms. The lowest BCUT2D eigenvalue weighted by Gasteiger charge is -2.05. The summed E-state index contributed by atoms with van der Waals surface area (Å²) in [5, 5.41) is 13.2. The number of carbonyl (C=O) groups is 1. The van der Waals surface area contributed by atoms with Gasteiger partial charge in [-0.2, -0.15) is 0 Å². The van der Waals surface area contributed by atoms with Gasteiger partial charge < -0.3 is 16.3 Å². The molecule has 0 fully saturated rings.